The zero-order valence-electron chi connectivity index (χ0n) is 31.6. The molecule has 0 unspecified atom stereocenters. The molecule has 9 nitrogen and oxygen atoms in total. The van der Waals surface area contributed by atoms with Crippen LogP contribution in [0.1, 0.15) is 108 Å². The van der Waals surface area contributed by atoms with Gasteiger partial charge in [-0.25, -0.2) is 14.5 Å². The van der Waals surface area contributed by atoms with Gasteiger partial charge in [0.25, 0.3) is 11.8 Å². The molecular formula is C48H37NO8. The Labute approximate surface area is 329 Å². The van der Waals surface area contributed by atoms with E-state index in [1.165, 1.54) is 42.5 Å². The summed E-state index contributed by atoms with van der Waals surface area (Å²) in [6.07, 6.45) is -2.48. The minimum absolute atomic E-state index is 0.0213. The highest BCUT2D eigenvalue weighted by Gasteiger charge is 2.38. The topological polar surface area (TPSA) is 124 Å². The molecule has 57 heavy (non-hydrogen) atoms. The Hall–Kier alpha value is -7.26. The third kappa shape index (κ3) is 7.68. The zero-order chi connectivity index (χ0) is 40.4. The van der Waals surface area contributed by atoms with E-state index in [0.717, 1.165) is 27.2 Å². The minimum Gasteiger partial charge on any atom is -0.445 e. The van der Waals surface area contributed by atoms with E-state index in [4.69, 9.17) is 9.47 Å². The molecule has 1 aliphatic heterocycles. The van der Waals surface area contributed by atoms with Crippen LogP contribution in [0.5, 0.6) is 0 Å². The average molecular weight is 756 g/mol. The van der Waals surface area contributed by atoms with Gasteiger partial charge in [0.2, 0.25) is 11.6 Å². The molecule has 6 aromatic rings. The van der Waals surface area contributed by atoms with Gasteiger partial charge < -0.3 is 9.47 Å². The second-order valence-electron chi connectivity index (χ2n) is 14.0. The smallest absolute Gasteiger partial charge is 0.339 e. The summed E-state index contributed by atoms with van der Waals surface area (Å²) in [5.74, 6) is -3.73. The molecule has 7 rings (SSSR count). The second-order valence-corrected chi connectivity index (χ2v) is 14.0. The van der Waals surface area contributed by atoms with Crippen molar-refractivity contribution >= 4 is 41.0 Å². The number of hydrogen-bond donors (Lipinski definition) is 0. The maximum Gasteiger partial charge on any atom is 0.339 e. The highest BCUT2D eigenvalue weighted by Crippen LogP contribution is 2.32. The van der Waals surface area contributed by atoms with Gasteiger partial charge in [-0.1, -0.05) is 84.9 Å². The molecule has 9 heteroatoms. The number of fused-ring (bicyclic) bond motifs is 1. The van der Waals surface area contributed by atoms with Crippen molar-refractivity contribution in [2.75, 3.05) is 4.90 Å². The van der Waals surface area contributed by atoms with Gasteiger partial charge in [-0.3, -0.25) is 19.2 Å². The molecule has 0 N–H and O–H groups in total. The van der Waals surface area contributed by atoms with E-state index < -0.39 is 41.7 Å². The lowest BCUT2D eigenvalue weighted by molar-refractivity contribution is 0.0278. The molecule has 0 radical (unpaired) electrons. The van der Waals surface area contributed by atoms with Crippen molar-refractivity contribution in [3.63, 3.8) is 0 Å². The third-order valence-electron chi connectivity index (χ3n) is 10.2. The third-order valence-corrected chi connectivity index (χ3v) is 10.2. The van der Waals surface area contributed by atoms with Crippen LogP contribution in [0.15, 0.2) is 140 Å². The summed E-state index contributed by atoms with van der Waals surface area (Å²) < 4.78 is 11.6. The zero-order valence-corrected chi connectivity index (χ0v) is 31.6. The summed E-state index contributed by atoms with van der Waals surface area (Å²) in [6.45, 7) is 7.67. The number of ketones is 2. The van der Waals surface area contributed by atoms with Crippen LogP contribution in [0.25, 0.3) is 0 Å². The number of amides is 2. The van der Waals surface area contributed by atoms with Crippen LogP contribution in [-0.2, 0) is 9.47 Å². The van der Waals surface area contributed by atoms with Crippen LogP contribution < -0.4 is 4.90 Å². The first-order chi connectivity index (χ1) is 27.4. The Morgan fingerprint density at radius 2 is 0.860 bits per heavy atom. The van der Waals surface area contributed by atoms with E-state index in [-0.39, 0.29) is 33.7 Å². The van der Waals surface area contributed by atoms with Gasteiger partial charge in [0.05, 0.1) is 27.9 Å². The fraction of sp³-hybridized carbons (Fsp3) is 0.125. The fourth-order valence-electron chi connectivity index (χ4n) is 6.59. The molecule has 0 aromatic heterocycles. The van der Waals surface area contributed by atoms with Crippen LogP contribution in [0.2, 0.25) is 0 Å². The lowest BCUT2D eigenvalue weighted by Gasteiger charge is -2.19. The second kappa shape index (κ2) is 15.8. The van der Waals surface area contributed by atoms with E-state index in [9.17, 15) is 28.8 Å². The van der Waals surface area contributed by atoms with Crippen LogP contribution in [0.4, 0.5) is 5.69 Å². The molecule has 0 bridgehead atoms. The van der Waals surface area contributed by atoms with Gasteiger partial charge in [-0.05, 0) is 105 Å². The highest BCUT2D eigenvalue weighted by molar-refractivity contribution is 6.34. The van der Waals surface area contributed by atoms with E-state index in [1.54, 1.807) is 84.9 Å². The Kier molecular flexibility index (Phi) is 10.6. The lowest BCUT2D eigenvalue weighted by Crippen LogP contribution is -2.29. The summed E-state index contributed by atoms with van der Waals surface area (Å²) in [5.41, 5.74) is 5.94. The monoisotopic (exact) mass is 755 g/mol. The maximum atomic E-state index is 13.7. The number of carbonyl (C=O) groups is 6. The van der Waals surface area contributed by atoms with Crippen molar-refractivity contribution in [2.24, 2.45) is 0 Å². The van der Waals surface area contributed by atoms with Crippen LogP contribution in [0.3, 0.4) is 0 Å². The van der Waals surface area contributed by atoms with E-state index in [2.05, 4.69) is 0 Å². The normalized spacial score (nSPS) is 13.1. The molecule has 282 valence electrons. The fourth-order valence-corrected chi connectivity index (χ4v) is 6.59. The van der Waals surface area contributed by atoms with Crippen molar-refractivity contribution < 1.29 is 38.2 Å². The number of hydrogen-bond acceptors (Lipinski definition) is 8. The number of carbonyl (C=O) groups excluding carboxylic acids is 6. The predicted molar refractivity (Wildman–Crippen MR) is 214 cm³/mol. The van der Waals surface area contributed by atoms with Crippen LogP contribution >= 0.6 is 0 Å². The first kappa shape index (κ1) is 38.0. The van der Waals surface area contributed by atoms with Crippen molar-refractivity contribution in [1.29, 1.82) is 0 Å². The molecule has 0 spiro atoms. The van der Waals surface area contributed by atoms with Crippen LogP contribution in [-0.4, -0.2) is 35.3 Å². The summed E-state index contributed by atoms with van der Waals surface area (Å²) >= 11 is 0. The summed E-state index contributed by atoms with van der Waals surface area (Å²) in [6, 6.07) is 37.6. The molecule has 0 saturated carbocycles. The van der Waals surface area contributed by atoms with Gasteiger partial charge >= 0.3 is 11.9 Å². The average Bonchev–Trinajstić information content (AvgIpc) is 3.48. The van der Waals surface area contributed by atoms with Crippen molar-refractivity contribution in [3.05, 3.63) is 206 Å². The number of anilines is 1. The molecule has 1 heterocycles. The molecule has 6 aromatic carbocycles. The van der Waals surface area contributed by atoms with E-state index >= 15 is 0 Å². The number of benzene rings is 6. The first-order valence-corrected chi connectivity index (χ1v) is 18.3. The van der Waals surface area contributed by atoms with Gasteiger partial charge in [-0.15, -0.1) is 0 Å². The van der Waals surface area contributed by atoms with Crippen molar-refractivity contribution in [3.8, 4) is 0 Å². The summed E-state index contributed by atoms with van der Waals surface area (Å²) in [7, 11) is 0. The summed E-state index contributed by atoms with van der Waals surface area (Å²) in [4.78, 5) is 82.7. The van der Waals surface area contributed by atoms with E-state index in [0.29, 0.717) is 22.3 Å². The van der Waals surface area contributed by atoms with Gasteiger partial charge in [0, 0.05) is 22.3 Å². The van der Waals surface area contributed by atoms with Crippen molar-refractivity contribution in [2.45, 2.75) is 39.9 Å². The molecule has 2 atom stereocenters. The molecule has 0 fully saturated rings. The van der Waals surface area contributed by atoms with Gasteiger partial charge in [-0.2, -0.15) is 0 Å². The number of rotatable bonds is 11. The maximum absolute atomic E-state index is 13.7. The first-order valence-electron chi connectivity index (χ1n) is 18.3. The number of nitrogens with zero attached hydrogens (tertiary/aromatic N) is 1. The molecular weight excluding hydrogens is 719 g/mol. The number of ether oxygens (including phenoxy) is 2. The lowest BCUT2D eigenvalue weighted by atomic mass is 9.97. The Morgan fingerprint density at radius 3 is 1.33 bits per heavy atom. The Balaban J connectivity index is 1.09. The Morgan fingerprint density at radius 1 is 0.439 bits per heavy atom. The van der Waals surface area contributed by atoms with Crippen molar-refractivity contribution in [1.82, 2.24) is 0 Å². The van der Waals surface area contributed by atoms with Crippen LogP contribution in [0, 0.1) is 27.7 Å². The quantitative estimate of drug-likeness (QED) is 0.0728. The molecule has 0 aliphatic carbocycles. The number of imide groups is 1. The number of aryl methyl sites for hydroxylation is 4. The molecule has 2 amide bonds. The number of esters is 2. The molecule has 0 saturated heterocycles. The van der Waals surface area contributed by atoms with Gasteiger partial charge in [0.15, 0.2) is 12.2 Å². The van der Waals surface area contributed by atoms with Gasteiger partial charge in [0.1, 0.15) is 0 Å². The molecule has 1 aliphatic rings. The SMILES string of the molecule is Cc1ccc(C(=O)[C@@H](OC(=O)c2ccc(N3C(=O)c4ccc(C(=O)O[C@@H](C(=O)c5ccc(C)c(C)c5)c5ccccc5)cc4C3=O)cc2)c2ccccc2)cc1C. The standard InChI is InChI=1S/C48H37NO8/c1-28-15-17-35(25-30(28)3)41(50)43(32-11-7-5-8-12-32)56-47(54)34-19-22-38(23-20-34)49-45(52)39-24-21-37(27-40(39)46(49)53)48(55)57-44(33-13-9-6-10-14-33)42(51)36-18-16-29(2)31(4)26-36/h5-27,43-44H,1-4H3/t43-,44+/m0/s1. The highest BCUT2D eigenvalue weighted by atomic mass is 16.6. The van der Waals surface area contributed by atoms with E-state index in [1.807, 2.05) is 39.8 Å². The number of Topliss-reactive ketones (excluding diaryl/α,β-unsaturated/α-hetero) is 2. The summed E-state index contributed by atoms with van der Waals surface area (Å²) in [5, 5.41) is 0. The largest absolute Gasteiger partial charge is 0.445 e. The predicted octanol–water partition coefficient (Wildman–Crippen LogP) is 9.28. The minimum atomic E-state index is -1.26. The Bertz CT molecular complexity index is 2580.